The fourth-order valence-electron chi connectivity index (χ4n) is 1.96. The van der Waals surface area contributed by atoms with Crippen LogP contribution in [0.4, 0.5) is 0 Å². The van der Waals surface area contributed by atoms with Crippen LogP contribution in [0.1, 0.15) is 30.1 Å². The van der Waals surface area contributed by atoms with Crippen molar-refractivity contribution in [2.24, 2.45) is 0 Å². The minimum atomic E-state index is -0.0755. The first kappa shape index (κ1) is 13.3. The van der Waals surface area contributed by atoms with Gasteiger partial charge in [0, 0.05) is 18.7 Å². The Bertz CT molecular complexity index is 557. The van der Waals surface area contributed by atoms with Gasteiger partial charge in [-0.15, -0.1) is 0 Å². The van der Waals surface area contributed by atoms with Gasteiger partial charge >= 0.3 is 0 Å². The molecule has 0 aliphatic carbocycles. The van der Waals surface area contributed by atoms with E-state index < -0.39 is 0 Å². The maximum atomic E-state index is 12.3. The molecule has 0 radical (unpaired) electrons. The minimum Gasteiger partial charge on any atom is -0.441 e. The summed E-state index contributed by atoms with van der Waals surface area (Å²) in [6.45, 7) is 7.02. The number of amides is 1. The third kappa shape index (κ3) is 2.67. The van der Waals surface area contributed by atoms with Crippen molar-refractivity contribution >= 4 is 5.91 Å². The molecular formula is C15H18N2O2. The Morgan fingerprint density at radius 2 is 1.84 bits per heavy atom. The fourth-order valence-corrected chi connectivity index (χ4v) is 1.96. The molecule has 1 amide bonds. The number of hydrogen-bond donors (Lipinski definition) is 0. The Balaban J connectivity index is 2.34. The van der Waals surface area contributed by atoms with E-state index in [4.69, 9.17) is 4.42 Å². The third-order valence-corrected chi connectivity index (χ3v) is 3.07. The van der Waals surface area contributed by atoms with Crippen LogP contribution < -0.4 is 0 Å². The van der Waals surface area contributed by atoms with Crippen molar-refractivity contribution in [3.05, 3.63) is 41.8 Å². The minimum absolute atomic E-state index is 0.0755. The molecule has 0 N–H and O–H groups in total. The molecule has 1 heterocycles. The molecule has 0 fully saturated rings. The number of carbonyl (C=O) groups excluding carboxylic acids is 1. The first-order chi connectivity index (χ1) is 9.17. The highest BCUT2D eigenvalue weighted by atomic mass is 16.4. The molecule has 0 atom stereocenters. The molecule has 1 aromatic carbocycles. The van der Waals surface area contributed by atoms with E-state index >= 15 is 0 Å². The van der Waals surface area contributed by atoms with Gasteiger partial charge in [-0.25, -0.2) is 4.98 Å². The van der Waals surface area contributed by atoms with Gasteiger partial charge in [0.25, 0.3) is 5.91 Å². The summed E-state index contributed by atoms with van der Waals surface area (Å²) < 4.78 is 5.60. The summed E-state index contributed by atoms with van der Waals surface area (Å²) in [6.07, 6.45) is 0. The summed E-state index contributed by atoms with van der Waals surface area (Å²) >= 11 is 0. The highest BCUT2D eigenvalue weighted by Crippen LogP contribution is 2.22. The topological polar surface area (TPSA) is 46.3 Å². The average molecular weight is 258 g/mol. The molecule has 0 bridgehead atoms. The smallest absolute Gasteiger partial charge is 0.276 e. The predicted molar refractivity (Wildman–Crippen MR) is 73.9 cm³/mol. The van der Waals surface area contributed by atoms with E-state index in [9.17, 15) is 4.79 Å². The molecule has 1 aromatic heterocycles. The summed E-state index contributed by atoms with van der Waals surface area (Å²) in [5.74, 6) is 0.984. The maximum Gasteiger partial charge on any atom is 0.276 e. The first-order valence-corrected chi connectivity index (χ1v) is 6.49. The summed E-state index contributed by atoms with van der Waals surface area (Å²) in [7, 11) is 0. The van der Waals surface area contributed by atoms with Gasteiger partial charge in [0.1, 0.15) is 5.76 Å². The van der Waals surface area contributed by atoms with E-state index in [0.29, 0.717) is 30.4 Å². The van der Waals surface area contributed by atoms with E-state index in [1.807, 2.05) is 44.2 Å². The van der Waals surface area contributed by atoms with E-state index in [2.05, 4.69) is 4.98 Å². The highest BCUT2D eigenvalue weighted by Gasteiger charge is 2.21. The van der Waals surface area contributed by atoms with E-state index in [0.717, 1.165) is 5.56 Å². The van der Waals surface area contributed by atoms with Crippen LogP contribution in [0.5, 0.6) is 0 Å². The Kier molecular flexibility index (Phi) is 4.00. The van der Waals surface area contributed by atoms with Crippen molar-refractivity contribution in [2.75, 3.05) is 13.1 Å². The van der Waals surface area contributed by atoms with Gasteiger partial charge in [0.15, 0.2) is 5.69 Å². The molecule has 0 unspecified atom stereocenters. The van der Waals surface area contributed by atoms with Gasteiger partial charge < -0.3 is 9.32 Å². The second kappa shape index (κ2) is 5.69. The van der Waals surface area contributed by atoms with Crippen LogP contribution in [0, 0.1) is 6.92 Å². The van der Waals surface area contributed by atoms with Crippen molar-refractivity contribution < 1.29 is 9.21 Å². The lowest BCUT2D eigenvalue weighted by molar-refractivity contribution is 0.0766. The summed E-state index contributed by atoms with van der Waals surface area (Å²) in [5, 5.41) is 0. The lowest BCUT2D eigenvalue weighted by Gasteiger charge is -2.16. The largest absolute Gasteiger partial charge is 0.441 e. The second-order valence-corrected chi connectivity index (χ2v) is 4.27. The zero-order valence-electron chi connectivity index (χ0n) is 11.5. The molecule has 100 valence electrons. The number of aromatic nitrogens is 1. The predicted octanol–water partition coefficient (Wildman–Crippen LogP) is 3.13. The number of carbonyl (C=O) groups is 1. The van der Waals surface area contributed by atoms with Crippen LogP contribution in [-0.2, 0) is 0 Å². The SMILES string of the molecule is CCN(CC)C(=O)c1nc(-c2ccccc2)oc1C. The van der Waals surface area contributed by atoms with Crippen LogP contribution in [0.2, 0.25) is 0 Å². The van der Waals surface area contributed by atoms with Gasteiger partial charge in [-0.1, -0.05) is 18.2 Å². The second-order valence-electron chi connectivity index (χ2n) is 4.27. The van der Waals surface area contributed by atoms with Gasteiger partial charge in [0.05, 0.1) is 0 Å². The molecule has 0 saturated heterocycles. The molecule has 2 aromatic rings. The zero-order valence-corrected chi connectivity index (χ0v) is 11.5. The standard InChI is InChI=1S/C15H18N2O2/c1-4-17(5-2)15(18)13-11(3)19-14(16-13)12-9-7-6-8-10-12/h6-10H,4-5H2,1-3H3. The molecular weight excluding hydrogens is 240 g/mol. The van der Waals surface area contributed by atoms with Crippen LogP contribution >= 0.6 is 0 Å². The molecule has 0 aliphatic heterocycles. The number of benzene rings is 1. The van der Waals surface area contributed by atoms with E-state index in [-0.39, 0.29) is 5.91 Å². The normalized spacial score (nSPS) is 10.5. The Morgan fingerprint density at radius 3 is 2.42 bits per heavy atom. The van der Waals surface area contributed by atoms with Crippen LogP contribution in [0.25, 0.3) is 11.5 Å². The van der Waals surface area contributed by atoms with Crippen molar-refractivity contribution in [1.82, 2.24) is 9.88 Å². The van der Waals surface area contributed by atoms with Crippen molar-refractivity contribution in [3.63, 3.8) is 0 Å². The van der Waals surface area contributed by atoms with Crippen LogP contribution in [0.3, 0.4) is 0 Å². The monoisotopic (exact) mass is 258 g/mol. The van der Waals surface area contributed by atoms with Crippen molar-refractivity contribution in [2.45, 2.75) is 20.8 Å². The molecule has 4 nitrogen and oxygen atoms in total. The van der Waals surface area contributed by atoms with Gasteiger partial charge in [-0.2, -0.15) is 0 Å². The summed E-state index contributed by atoms with van der Waals surface area (Å²) in [5.41, 5.74) is 1.28. The molecule has 0 saturated carbocycles. The Hall–Kier alpha value is -2.10. The number of rotatable bonds is 4. The summed E-state index contributed by atoms with van der Waals surface area (Å²) in [4.78, 5) is 18.4. The number of aryl methyl sites for hydroxylation is 1. The van der Waals surface area contributed by atoms with Crippen molar-refractivity contribution in [3.8, 4) is 11.5 Å². The molecule has 0 spiro atoms. The van der Waals surface area contributed by atoms with E-state index in [1.54, 1.807) is 11.8 Å². The fraction of sp³-hybridized carbons (Fsp3) is 0.333. The third-order valence-electron chi connectivity index (χ3n) is 3.07. The van der Waals surface area contributed by atoms with Gasteiger partial charge in [0.2, 0.25) is 5.89 Å². The number of nitrogens with zero attached hydrogens (tertiary/aromatic N) is 2. The Labute approximate surface area is 113 Å². The quantitative estimate of drug-likeness (QED) is 0.846. The number of oxazole rings is 1. The molecule has 2 rings (SSSR count). The molecule has 4 heteroatoms. The van der Waals surface area contributed by atoms with Crippen molar-refractivity contribution in [1.29, 1.82) is 0 Å². The zero-order chi connectivity index (χ0) is 13.8. The molecule has 19 heavy (non-hydrogen) atoms. The maximum absolute atomic E-state index is 12.3. The first-order valence-electron chi connectivity index (χ1n) is 6.49. The lowest BCUT2D eigenvalue weighted by atomic mass is 10.2. The van der Waals surface area contributed by atoms with Gasteiger partial charge in [-0.3, -0.25) is 4.79 Å². The average Bonchev–Trinajstić information content (AvgIpc) is 2.83. The molecule has 0 aliphatic rings. The lowest BCUT2D eigenvalue weighted by Crippen LogP contribution is -2.31. The van der Waals surface area contributed by atoms with Crippen LogP contribution in [-0.4, -0.2) is 28.9 Å². The Morgan fingerprint density at radius 1 is 1.21 bits per heavy atom. The summed E-state index contributed by atoms with van der Waals surface area (Å²) in [6, 6.07) is 9.59. The number of hydrogen-bond acceptors (Lipinski definition) is 3. The van der Waals surface area contributed by atoms with Gasteiger partial charge in [-0.05, 0) is 32.9 Å². The van der Waals surface area contributed by atoms with Crippen LogP contribution in [0.15, 0.2) is 34.7 Å². The highest BCUT2D eigenvalue weighted by molar-refractivity contribution is 5.93. The van der Waals surface area contributed by atoms with E-state index in [1.165, 1.54) is 0 Å².